The summed E-state index contributed by atoms with van der Waals surface area (Å²) in [5.74, 6) is -0.988. The van der Waals surface area contributed by atoms with E-state index in [1.54, 1.807) is 12.1 Å². The van der Waals surface area contributed by atoms with Crippen LogP contribution in [0.15, 0.2) is 72.8 Å². The number of carbonyl (C=O) groups is 2. The molecule has 0 bridgehead atoms. The summed E-state index contributed by atoms with van der Waals surface area (Å²) in [7, 11) is 0. The Kier molecular flexibility index (Phi) is 6.61. The van der Waals surface area contributed by atoms with Crippen LogP contribution in [0.1, 0.15) is 10.4 Å². The van der Waals surface area contributed by atoms with E-state index in [1.165, 1.54) is 12.1 Å². The van der Waals surface area contributed by atoms with Crippen molar-refractivity contribution in [1.82, 2.24) is 10.9 Å². The fourth-order valence-electron chi connectivity index (χ4n) is 2.67. The fraction of sp³-hybridized carbons (Fsp3) is 0.0476. The van der Waals surface area contributed by atoms with Gasteiger partial charge in [0.15, 0.2) is 6.61 Å². The van der Waals surface area contributed by atoms with Crippen LogP contribution in [0.4, 0.5) is 5.69 Å². The number of rotatable bonds is 6. The third-order valence-electron chi connectivity index (χ3n) is 4.05. The summed E-state index contributed by atoms with van der Waals surface area (Å²) >= 11 is 5.73. The number of hydrogen-bond donors (Lipinski definition) is 2. The number of nitro benzene ring substituents is 1. The number of nitrogens with one attached hydrogen (secondary N) is 2. The lowest BCUT2D eigenvalue weighted by molar-refractivity contribution is -0.385. The van der Waals surface area contributed by atoms with Gasteiger partial charge >= 0.3 is 0 Å². The minimum absolute atomic E-state index is 0.118. The Bertz CT molecular complexity index is 1090. The Hall–Kier alpha value is -3.91. The molecule has 0 aliphatic carbocycles. The van der Waals surface area contributed by atoms with E-state index >= 15 is 0 Å². The van der Waals surface area contributed by atoms with E-state index in [-0.39, 0.29) is 17.2 Å². The Morgan fingerprint density at radius 1 is 0.967 bits per heavy atom. The van der Waals surface area contributed by atoms with Gasteiger partial charge in [0.2, 0.25) is 0 Å². The number of carbonyl (C=O) groups excluding carboxylic acids is 2. The van der Waals surface area contributed by atoms with Crippen LogP contribution in [-0.2, 0) is 4.79 Å². The number of benzene rings is 3. The van der Waals surface area contributed by atoms with E-state index in [0.29, 0.717) is 5.75 Å². The van der Waals surface area contributed by atoms with Gasteiger partial charge in [-0.3, -0.25) is 30.6 Å². The first-order chi connectivity index (χ1) is 14.5. The highest BCUT2D eigenvalue weighted by Crippen LogP contribution is 2.29. The van der Waals surface area contributed by atoms with Gasteiger partial charge in [0.25, 0.3) is 17.5 Å². The number of halogens is 1. The first-order valence-electron chi connectivity index (χ1n) is 8.76. The van der Waals surface area contributed by atoms with Gasteiger partial charge in [-0.25, -0.2) is 0 Å². The van der Waals surface area contributed by atoms with Crippen LogP contribution in [0.25, 0.3) is 11.1 Å². The SMILES string of the molecule is O=C(COc1ccccc1-c1ccccc1)NNC(=O)c1ccc(Cl)cc1[N+](=O)[O-]. The smallest absolute Gasteiger partial charge is 0.283 e. The molecule has 3 rings (SSSR count). The second-order valence-electron chi connectivity index (χ2n) is 6.07. The molecule has 152 valence electrons. The highest BCUT2D eigenvalue weighted by Gasteiger charge is 2.21. The number of nitro groups is 1. The molecule has 0 saturated heterocycles. The van der Waals surface area contributed by atoms with E-state index in [0.717, 1.165) is 17.2 Å². The van der Waals surface area contributed by atoms with Crippen LogP contribution >= 0.6 is 11.6 Å². The number of amides is 2. The summed E-state index contributed by atoms with van der Waals surface area (Å²) < 4.78 is 5.58. The molecule has 30 heavy (non-hydrogen) atoms. The molecular weight excluding hydrogens is 410 g/mol. The fourth-order valence-corrected chi connectivity index (χ4v) is 2.84. The molecule has 2 N–H and O–H groups in total. The van der Waals surface area contributed by atoms with E-state index in [2.05, 4.69) is 10.9 Å². The summed E-state index contributed by atoms with van der Waals surface area (Å²) in [6.07, 6.45) is 0. The van der Waals surface area contributed by atoms with Gasteiger partial charge in [-0.2, -0.15) is 0 Å². The van der Waals surface area contributed by atoms with Crippen molar-refractivity contribution >= 4 is 29.1 Å². The number of hydrogen-bond acceptors (Lipinski definition) is 5. The minimum Gasteiger partial charge on any atom is -0.483 e. The predicted octanol–water partition coefficient (Wildman–Crippen LogP) is 3.76. The number of nitrogens with zero attached hydrogens (tertiary/aromatic N) is 1. The molecule has 0 heterocycles. The molecule has 3 aromatic rings. The lowest BCUT2D eigenvalue weighted by Crippen LogP contribution is -2.44. The maximum absolute atomic E-state index is 12.2. The largest absolute Gasteiger partial charge is 0.483 e. The van der Waals surface area contributed by atoms with E-state index in [4.69, 9.17) is 16.3 Å². The molecule has 0 unspecified atom stereocenters. The average Bonchev–Trinajstić information content (AvgIpc) is 2.76. The molecule has 0 aliphatic rings. The standard InChI is InChI=1S/C21H16ClN3O5/c22-15-10-11-17(18(12-15)25(28)29)21(27)24-23-20(26)13-30-19-9-5-4-8-16(19)14-6-2-1-3-7-14/h1-12H,13H2,(H,23,26)(H,24,27). The maximum Gasteiger partial charge on any atom is 0.283 e. The van der Waals surface area contributed by atoms with Gasteiger partial charge in [-0.1, -0.05) is 60.1 Å². The number of para-hydroxylation sites is 1. The van der Waals surface area contributed by atoms with Crippen LogP contribution in [0.3, 0.4) is 0 Å². The molecule has 2 amide bonds. The van der Waals surface area contributed by atoms with Crippen LogP contribution < -0.4 is 15.6 Å². The third-order valence-corrected chi connectivity index (χ3v) is 4.28. The van der Waals surface area contributed by atoms with Crippen LogP contribution in [0, 0.1) is 10.1 Å². The Morgan fingerprint density at radius 2 is 1.67 bits per heavy atom. The molecule has 0 saturated carbocycles. The van der Waals surface area contributed by atoms with Gasteiger partial charge in [0.1, 0.15) is 11.3 Å². The second kappa shape index (κ2) is 9.53. The normalized spacial score (nSPS) is 10.2. The van der Waals surface area contributed by atoms with Crippen LogP contribution in [0.5, 0.6) is 5.75 Å². The van der Waals surface area contributed by atoms with Crippen molar-refractivity contribution in [1.29, 1.82) is 0 Å². The molecule has 3 aromatic carbocycles. The van der Waals surface area contributed by atoms with Crippen molar-refractivity contribution in [3.63, 3.8) is 0 Å². The molecule has 8 nitrogen and oxygen atoms in total. The highest BCUT2D eigenvalue weighted by molar-refractivity contribution is 6.31. The average molecular weight is 426 g/mol. The molecule has 0 aromatic heterocycles. The van der Waals surface area contributed by atoms with E-state index in [1.807, 2.05) is 42.5 Å². The van der Waals surface area contributed by atoms with Gasteiger partial charge in [0.05, 0.1) is 4.92 Å². The Balaban J connectivity index is 1.61. The summed E-state index contributed by atoms with van der Waals surface area (Å²) in [6.45, 7) is -0.368. The van der Waals surface area contributed by atoms with Gasteiger partial charge < -0.3 is 4.74 Å². The zero-order valence-corrected chi connectivity index (χ0v) is 16.3. The van der Waals surface area contributed by atoms with Gasteiger partial charge in [-0.05, 0) is 23.8 Å². The summed E-state index contributed by atoms with van der Waals surface area (Å²) in [5, 5.41) is 11.2. The molecular formula is C21H16ClN3O5. The second-order valence-corrected chi connectivity index (χ2v) is 6.51. The molecule has 0 fully saturated rings. The first-order valence-corrected chi connectivity index (χ1v) is 9.14. The number of hydrazine groups is 1. The molecule has 0 radical (unpaired) electrons. The number of ether oxygens (including phenoxy) is 1. The zero-order chi connectivity index (χ0) is 21.5. The quantitative estimate of drug-likeness (QED) is 0.461. The summed E-state index contributed by atoms with van der Waals surface area (Å²) in [4.78, 5) is 34.6. The maximum atomic E-state index is 12.2. The molecule has 9 heteroatoms. The van der Waals surface area contributed by atoms with Crippen molar-refractivity contribution in [2.45, 2.75) is 0 Å². The summed E-state index contributed by atoms with van der Waals surface area (Å²) in [5.41, 5.74) is 5.34. The van der Waals surface area contributed by atoms with Crippen LogP contribution in [-0.4, -0.2) is 23.3 Å². The van der Waals surface area contributed by atoms with Gasteiger partial charge in [-0.15, -0.1) is 0 Å². The monoisotopic (exact) mass is 425 g/mol. The van der Waals surface area contributed by atoms with Crippen molar-refractivity contribution in [2.24, 2.45) is 0 Å². The molecule has 0 spiro atoms. The van der Waals surface area contributed by atoms with Gasteiger partial charge in [0, 0.05) is 16.7 Å². The van der Waals surface area contributed by atoms with E-state index < -0.39 is 22.4 Å². The summed E-state index contributed by atoms with van der Waals surface area (Å²) in [6, 6.07) is 20.3. The molecule has 0 aliphatic heterocycles. The zero-order valence-electron chi connectivity index (χ0n) is 15.5. The minimum atomic E-state index is -0.851. The van der Waals surface area contributed by atoms with Crippen molar-refractivity contribution < 1.29 is 19.2 Å². The predicted molar refractivity (Wildman–Crippen MR) is 111 cm³/mol. The highest BCUT2D eigenvalue weighted by atomic mass is 35.5. The first kappa shape index (κ1) is 20.8. The van der Waals surface area contributed by atoms with Crippen molar-refractivity contribution in [3.8, 4) is 16.9 Å². The Labute approximate surface area is 176 Å². The topological polar surface area (TPSA) is 111 Å². The lowest BCUT2D eigenvalue weighted by Gasteiger charge is -2.12. The van der Waals surface area contributed by atoms with E-state index in [9.17, 15) is 19.7 Å². The molecule has 0 atom stereocenters. The van der Waals surface area contributed by atoms with Crippen molar-refractivity contribution in [3.05, 3.63) is 93.5 Å². The lowest BCUT2D eigenvalue weighted by atomic mass is 10.1. The van der Waals surface area contributed by atoms with Crippen LogP contribution in [0.2, 0.25) is 5.02 Å². The van der Waals surface area contributed by atoms with Crippen molar-refractivity contribution in [2.75, 3.05) is 6.61 Å². The third kappa shape index (κ3) is 5.12. The Morgan fingerprint density at radius 3 is 2.40 bits per heavy atom.